The second-order valence-corrected chi connectivity index (χ2v) is 7.65. The molecular weight excluding hydrogens is 270 g/mol. The first-order valence-corrected chi connectivity index (χ1v) is 9.39. The second-order valence-electron chi connectivity index (χ2n) is 5.02. The van der Waals surface area contributed by atoms with Gasteiger partial charge in [0.25, 0.3) is 0 Å². The summed E-state index contributed by atoms with van der Waals surface area (Å²) in [6, 6.07) is 9.59. The van der Waals surface area contributed by atoms with Gasteiger partial charge in [0.2, 0.25) is 0 Å². The molecule has 1 aromatic rings. The van der Waals surface area contributed by atoms with Gasteiger partial charge in [-0.05, 0) is 31.0 Å². The highest BCUT2D eigenvalue weighted by atomic mass is 32.2. The maximum Gasteiger partial charge on any atom is 0.0449 e. The Hall–Kier alpha value is -0.120. The lowest BCUT2D eigenvalue weighted by Crippen LogP contribution is -2.37. The van der Waals surface area contributed by atoms with Gasteiger partial charge in [-0.25, -0.2) is 0 Å². The molecule has 0 amide bonds. The van der Waals surface area contributed by atoms with Crippen LogP contribution < -0.4 is 5.32 Å². The van der Waals surface area contributed by atoms with Crippen LogP contribution in [0.25, 0.3) is 0 Å². The zero-order valence-electron chi connectivity index (χ0n) is 12.2. The zero-order chi connectivity index (χ0) is 13.7. The van der Waals surface area contributed by atoms with Crippen molar-refractivity contribution in [3.05, 3.63) is 35.4 Å². The van der Waals surface area contributed by atoms with Gasteiger partial charge < -0.3 is 5.32 Å². The van der Waals surface area contributed by atoms with Crippen molar-refractivity contribution in [2.45, 2.75) is 43.2 Å². The Balaban J connectivity index is 2.21. The molecule has 0 bridgehead atoms. The number of hydrogen-bond donors (Lipinski definition) is 1. The highest BCUT2D eigenvalue weighted by molar-refractivity contribution is 8.07. The molecular formula is C16H25NS2. The van der Waals surface area contributed by atoms with Crippen LogP contribution in [-0.2, 0) is 6.42 Å². The molecule has 0 spiro atoms. The van der Waals surface area contributed by atoms with Crippen LogP contribution in [0.15, 0.2) is 24.3 Å². The first kappa shape index (κ1) is 15.3. The van der Waals surface area contributed by atoms with Crippen LogP contribution in [-0.4, -0.2) is 29.1 Å². The molecule has 3 unspecified atom stereocenters. The van der Waals surface area contributed by atoms with E-state index in [0.29, 0.717) is 11.3 Å². The molecule has 3 atom stereocenters. The fourth-order valence-electron chi connectivity index (χ4n) is 2.77. The van der Waals surface area contributed by atoms with Crippen molar-refractivity contribution >= 4 is 23.5 Å². The van der Waals surface area contributed by atoms with E-state index >= 15 is 0 Å². The Morgan fingerprint density at radius 1 is 1.26 bits per heavy atom. The van der Waals surface area contributed by atoms with Crippen molar-refractivity contribution in [1.82, 2.24) is 5.32 Å². The highest BCUT2D eigenvalue weighted by Gasteiger charge is 2.32. The second kappa shape index (κ2) is 7.61. The molecule has 1 heterocycles. The average Bonchev–Trinajstić information content (AvgIpc) is 2.49. The molecule has 106 valence electrons. The summed E-state index contributed by atoms with van der Waals surface area (Å²) in [5.41, 5.74) is 2.90. The van der Waals surface area contributed by atoms with Crippen LogP contribution in [0.5, 0.6) is 0 Å². The third-order valence-corrected chi connectivity index (χ3v) is 7.20. The lowest BCUT2D eigenvalue weighted by Gasteiger charge is -2.36. The van der Waals surface area contributed by atoms with E-state index in [4.69, 9.17) is 0 Å². The van der Waals surface area contributed by atoms with E-state index in [1.807, 2.05) is 0 Å². The number of aryl methyl sites for hydroxylation is 1. The van der Waals surface area contributed by atoms with E-state index < -0.39 is 0 Å². The van der Waals surface area contributed by atoms with E-state index in [9.17, 15) is 0 Å². The van der Waals surface area contributed by atoms with Crippen molar-refractivity contribution in [2.75, 3.05) is 18.6 Å². The van der Waals surface area contributed by atoms with Crippen molar-refractivity contribution in [1.29, 1.82) is 0 Å². The standard InChI is InChI=1S/C16H25NS2/c1-4-12-7-6-8-13(11-12)15(17-3)16-14(5-2)18-9-10-19-16/h6-8,11,14-17H,4-5,9-10H2,1-3H3. The van der Waals surface area contributed by atoms with E-state index in [-0.39, 0.29) is 0 Å². The van der Waals surface area contributed by atoms with Gasteiger partial charge in [-0.1, -0.05) is 38.1 Å². The fraction of sp³-hybridized carbons (Fsp3) is 0.625. The third-order valence-electron chi connectivity index (χ3n) is 3.85. The summed E-state index contributed by atoms with van der Waals surface area (Å²) in [7, 11) is 2.11. The van der Waals surface area contributed by atoms with Crippen LogP contribution >= 0.6 is 23.5 Å². The van der Waals surface area contributed by atoms with Crippen LogP contribution in [0.3, 0.4) is 0 Å². The summed E-state index contributed by atoms with van der Waals surface area (Å²) < 4.78 is 0. The molecule has 1 saturated heterocycles. The summed E-state index contributed by atoms with van der Waals surface area (Å²) in [6.07, 6.45) is 2.39. The van der Waals surface area contributed by atoms with Crippen LogP contribution in [0.1, 0.15) is 37.4 Å². The molecule has 1 nitrogen and oxygen atoms in total. The van der Waals surface area contributed by atoms with Crippen molar-refractivity contribution in [2.24, 2.45) is 0 Å². The quantitative estimate of drug-likeness (QED) is 0.877. The predicted molar refractivity (Wildman–Crippen MR) is 90.4 cm³/mol. The molecule has 1 aliphatic heterocycles. The average molecular weight is 296 g/mol. The SMILES string of the molecule is CCc1cccc(C(NC)C2SCCSC2CC)c1. The summed E-state index contributed by atoms with van der Waals surface area (Å²) in [5.74, 6) is 2.60. The molecule has 3 heteroatoms. The molecule has 1 N–H and O–H groups in total. The van der Waals surface area contributed by atoms with Gasteiger partial charge in [-0.3, -0.25) is 0 Å². The van der Waals surface area contributed by atoms with Crippen molar-refractivity contribution in [3.8, 4) is 0 Å². The molecule has 0 aliphatic carbocycles. The minimum atomic E-state index is 0.481. The van der Waals surface area contributed by atoms with Crippen LogP contribution in [0.4, 0.5) is 0 Å². The molecule has 0 saturated carbocycles. The lowest BCUT2D eigenvalue weighted by atomic mass is 9.98. The topological polar surface area (TPSA) is 12.0 Å². The summed E-state index contributed by atoms with van der Waals surface area (Å²) in [5, 5.41) is 5.04. The third kappa shape index (κ3) is 3.71. The van der Waals surface area contributed by atoms with Crippen LogP contribution in [0, 0.1) is 0 Å². The largest absolute Gasteiger partial charge is 0.312 e. The Morgan fingerprint density at radius 2 is 2.05 bits per heavy atom. The molecule has 19 heavy (non-hydrogen) atoms. The number of nitrogens with one attached hydrogen (secondary N) is 1. The fourth-order valence-corrected chi connectivity index (χ4v) is 6.07. The van der Waals surface area contributed by atoms with E-state index in [1.54, 1.807) is 0 Å². The molecule has 1 fully saturated rings. The van der Waals surface area contributed by atoms with Gasteiger partial charge in [-0.15, -0.1) is 0 Å². The molecule has 2 rings (SSSR count). The summed E-state index contributed by atoms with van der Waals surface area (Å²) in [6.45, 7) is 4.55. The van der Waals surface area contributed by atoms with E-state index in [0.717, 1.165) is 11.7 Å². The first-order valence-electron chi connectivity index (χ1n) is 7.29. The van der Waals surface area contributed by atoms with E-state index in [2.05, 4.69) is 74.0 Å². The summed E-state index contributed by atoms with van der Waals surface area (Å²) >= 11 is 4.31. The van der Waals surface area contributed by atoms with Gasteiger partial charge in [0.1, 0.15) is 0 Å². The van der Waals surface area contributed by atoms with Gasteiger partial charge in [-0.2, -0.15) is 23.5 Å². The number of benzene rings is 1. The molecule has 1 aromatic carbocycles. The van der Waals surface area contributed by atoms with Gasteiger partial charge in [0.15, 0.2) is 0 Å². The maximum atomic E-state index is 3.57. The number of hydrogen-bond acceptors (Lipinski definition) is 3. The first-order chi connectivity index (χ1) is 9.30. The van der Waals surface area contributed by atoms with Gasteiger partial charge >= 0.3 is 0 Å². The predicted octanol–water partition coefficient (Wildman–Crippen LogP) is 4.14. The monoisotopic (exact) mass is 295 g/mol. The minimum absolute atomic E-state index is 0.481. The van der Waals surface area contributed by atoms with Crippen molar-refractivity contribution in [3.63, 3.8) is 0 Å². The zero-order valence-corrected chi connectivity index (χ0v) is 13.8. The Morgan fingerprint density at radius 3 is 2.74 bits per heavy atom. The number of rotatable bonds is 5. The molecule has 1 aliphatic rings. The number of thioether (sulfide) groups is 2. The highest BCUT2D eigenvalue weighted by Crippen LogP contribution is 2.40. The maximum absolute atomic E-state index is 3.57. The van der Waals surface area contributed by atoms with Crippen LogP contribution in [0.2, 0.25) is 0 Å². The van der Waals surface area contributed by atoms with Crippen molar-refractivity contribution < 1.29 is 0 Å². The smallest absolute Gasteiger partial charge is 0.0449 e. The normalized spacial score (nSPS) is 25.2. The molecule has 0 radical (unpaired) electrons. The molecule has 0 aromatic heterocycles. The Kier molecular flexibility index (Phi) is 6.11. The lowest BCUT2D eigenvalue weighted by molar-refractivity contribution is 0.543. The summed E-state index contributed by atoms with van der Waals surface area (Å²) in [4.78, 5) is 0. The van der Waals surface area contributed by atoms with Gasteiger partial charge in [0, 0.05) is 28.0 Å². The minimum Gasteiger partial charge on any atom is -0.312 e. The Bertz CT molecular complexity index is 394. The Labute approximate surface area is 126 Å². The van der Waals surface area contributed by atoms with Gasteiger partial charge in [0.05, 0.1) is 0 Å². The van der Waals surface area contributed by atoms with E-state index in [1.165, 1.54) is 29.1 Å².